The Morgan fingerprint density at radius 3 is 2.15 bits per heavy atom. The van der Waals surface area contributed by atoms with E-state index in [4.69, 9.17) is 5.73 Å². The van der Waals surface area contributed by atoms with Crippen LogP contribution in [-0.4, -0.2) is 66.3 Å². The third kappa shape index (κ3) is 5.01. The molecule has 142 valence electrons. The lowest BCUT2D eigenvalue weighted by atomic mass is 10.1. The van der Waals surface area contributed by atoms with Gasteiger partial charge in [-0.2, -0.15) is 0 Å². The topological polar surface area (TPSA) is 95.7 Å². The van der Waals surface area contributed by atoms with Gasteiger partial charge in [0.2, 0.25) is 11.8 Å². The van der Waals surface area contributed by atoms with Crippen molar-refractivity contribution in [1.82, 2.24) is 15.1 Å². The predicted molar refractivity (Wildman–Crippen MR) is 94.7 cm³/mol. The largest absolute Gasteiger partial charge is 0.346 e. The van der Waals surface area contributed by atoms with Gasteiger partial charge in [0.15, 0.2) is 0 Å². The molecule has 1 fully saturated rings. The highest BCUT2D eigenvalue weighted by atomic mass is 19.1. The second-order valence-corrected chi connectivity index (χ2v) is 6.67. The van der Waals surface area contributed by atoms with Crippen LogP contribution in [0.2, 0.25) is 0 Å². The zero-order valence-corrected chi connectivity index (χ0v) is 15.1. The van der Waals surface area contributed by atoms with Crippen LogP contribution in [-0.2, 0) is 9.59 Å². The fourth-order valence-corrected chi connectivity index (χ4v) is 2.63. The van der Waals surface area contributed by atoms with Crippen molar-refractivity contribution >= 4 is 17.7 Å². The monoisotopic (exact) mass is 364 g/mol. The van der Waals surface area contributed by atoms with E-state index in [1.165, 1.54) is 24.3 Å². The SMILES string of the molecule is CC(C)[C@H](N)C(=O)NCC(=O)N1CCN(C(=O)c2ccc(F)cc2)CC1. The van der Waals surface area contributed by atoms with Gasteiger partial charge in [0.05, 0.1) is 12.6 Å². The van der Waals surface area contributed by atoms with Gasteiger partial charge in [-0.1, -0.05) is 13.8 Å². The van der Waals surface area contributed by atoms with Gasteiger partial charge in [-0.05, 0) is 30.2 Å². The summed E-state index contributed by atoms with van der Waals surface area (Å²) in [4.78, 5) is 39.6. The Morgan fingerprint density at radius 2 is 1.62 bits per heavy atom. The number of carbonyl (C=O) groups is 3. The summed E-state index contributed by atoms with van der Waals surface area (Å²) in [5.41, 5.74) is 6.15. The minimum absolute atomic E-state index is 0.00822. The summed E-state index contributed by atoms with van der Waals surface area (Å²) in [6.07, 6.45) is 0. The van der Waals surface area contributed by atoms with Crippen molar-refractivity contribution in [3.8, 4) is 0 Å². The summed E-state index contributed by atoms with van der Waals surface area (Å²) in [6, 6.07) is 4.74. The third-order valence-electron chi connectivity index (χ3n) is 4.45. The molecule has 0 unspecified atom stereocenters. The summed E-state index contributed by atoms with van der Waals surface area (Å²) in [5, 5.41) is 2.55. The van der Waals surface area contributed by atoms with E-state index in [-0.39, 0.29) is 30.2 Å². The number of amides is 3. The molecule has 3 amide bonds. The zero-order chi connectivity index (χ0) is 19.3. The van der Waals surface area contributed by atoms with Crippen molar-refractivity contribution in [2.24, 2.45) is 11.7 Å². The first-order chi connectivity index (χ1) is 12.3. The van der Waals surface area contributed by atoms with Crippen LogP contribution in [0.1, 0.15) is 24.2 Å². The lowest BCUT2D eigenvalue weighted by Gasteiger charge is -2.35. The van der Waals surface area contributed by atoms with Crippen molar-refractivity contribution in [3.05, 3.63) is 35.6 Å². The number of hydrogen-bond acceptors (Lipinski definition) is 4. The fourth-order valence-electron chi connectivity index (χ4n) is 2.63. The van der Waals surface area contributed by atoms with Crippen molar-refractivity contribution < 1.29 is 18.8 Å². The molecule has 0 saturated carbocycles. The number of rotatable bonds is 5. The number of hydrogen-bond donors (Lipinski definition) is 2. The average molecular weight is 364 g/mol. The van der Waals surface area contributed by atoms with Gasteiger partial charge in [0.25, 0.3) is 5.91 Å². The highest BCUT2D eigenvalue weighted by molar-refractivity contribution is 5.94. The van der Waals surface area contributed by atoms with Gasteiger partial charge >= 0.3 is 0 Å². The minimum Gasteiger partial charge on any atom is -0.346 e. The van der Waals surface area contributed by atoms with E-state index in [2.05, 4.69) is 5.32 Å². The quantitative estimate of drug-likeness (QED) is 0.781. The highest BCUT2D eigenvalue weighted by Crippen LogP contribution is 2.10. The molecule has 1 aromatic carbocycles. The molecular formula is C18H25FN4O3. The van der Waals surface area contributed by atoms with E-state index in [9.17, 15) is 18.8 Å². The Bertz CT molecular complexity index is 655. The molecular weight excluding hydrogens is 339 g/mol. The number of halogens is 1. The van der Waals surface area contributed by atoms with Crippen LogP contribution in [0.3, 0.4) is 0 Å². The molecule has 1 aromatic rings. The van der Waals surface area contributed by atoms with Gasteiger partial charge in [0, 0.05) is 31.7 Å². The van der Waals surface area contributed by atoms with Gasteiger partial charge in [-0.3, -0.25) is 14.4 Å². The van der Waals surface area contributed by atoms with E-state index < -0.39 is 11.9 Å². The number of piperazine rings is 1. The van der Waals surface area contributed by atoms with E-state index in [0.29, 0.717) is 31.7 Å². The number of nitrogens with zero attached hydrogens (tertiary/aromatic N) is 2. The maximum absolute atomic E-state index is 12.9. The summed E-state index contributed by atoms with van der Waals surface area (Å²) in [5.74, 6) is -1.14. The van der Waals surface area contributed by atoms with Crippen molar-refractivity contribution in [2.75, 3.05) is 32.7 Å². The molecule has 1 saturated heterocycles. The third-order valence-corrected chi connectivity index (χ3v) is 4.45. The molecule has 26 heavy (non-hydrogen) atoms. The Labute approximate surface area is 152 Å². The van der Waals surface area contributed by atoms with E-state index in [1.54, 1.807) is 9.80 Å². The molecule has 0 radical (unpaired) electrons. The first kappa shape index (κ1) is 19.8. The minimum atomic E-state index is -0.645. The molecule has 3 N–H and O–H groups in total. The second kappa shape index (κ2) is 8.75. The lowest BCUT2D eigenvalue weighted by Crippen LogP contribution is -2.53. The van der Waals surface area contributed by atoms with Crippen molar-refractivity contribution in [3.63, 3.8) is 0 Å². The molecule has 2 rings (SSSR count). The second-order valence-electron chi connectivity index (χ2n) is 6.67. The van der Waals surface area contributed by atoms with E-state index in [1.807, 2.05) is 13.8 Å². The Balaban J connectivity index is 1.80. The lowest BCUT2D eigenvalue weighted by molar-refractivity contribution is -0.134. The first-order valence-electron chi connectivity index (χ1n) is 8.65. The first-order valence-corrected chi connectivity index (χ1v) is 8.65. The molecule has 1 aliphatic heterocycles. The fraction of sp³-hybridized carbons (Fsp3) is 0.500. The summed E-state index contributed by atoms with van der Waals surface area (Å²) in [6.45, 7) is 5.12. The van der Waals surface area contributed by atoms with Crippen molar-refractivity contribution in [2.45, 2.75) is 19.9 Å². The smallest absolute Gasteiger partial charge is 0.253 e. The standard InChI is InChI=1S/C18H25FN4O3/c1-12(2)16(20)17(25)21-11-15(24)22-7-9-23(10-8-22)18(26)13-3-5-14(19)6-4-13/h3-6,12,16H,7-11,20H2,1-2H3,(H,21,25)/t16-/m0/s1. The predicted octanol–water partition coefficient (Wildman–Crippen LogP) is 0.210. The molecule has 8 heteroatoms. The van der Waals surface area contributed by atoms with Crippen LogP contribution in [0.15, 0.2) is 24.3 Å². The maximum Gasteiger partial charge on any atom is 0.253 e. The van der Waals surface area contributed by atoms with Gasteiger partial charge in [0.1, 0.15) is 5.82 Å². The van der Waals surface area contributed by atoms with Crippen LogP contribution in [0.4, 0.5) is 4.39 Å². The molecule has 0 aromatic heterocycles. The van der Waals surface area contributed by atoms with Crippen LogP contribution in [0.5, 0.6) is 0 Å². The molecule has 0 aliphatic carbocycles. The van der Waals surface area contributed by atoms with Crippen LogP contribution < -0.4 is 11.1 Å². The number of nitrogens with one attached hydrogen (secondary N) is 1. The molecule has 1 atom stereocenters. The van der Waals surface area contributed by atoms with Crippen molar-refractivity contribution in [1.29, 1.82) is 0 Å². The molecule has 0 bridgehead atoms. The van der Waals surface area contributed by atoms with Crippen LogP contribution >= 0.6 is 0 Å². The van der Waals surface area contributed by atoms with Crippen LogP contribution in [0, 0.1) is 11.7 Å². The van der Waals surface area contributed by atoms with Gasteiger partial charge < -0.3 is 20.9 Å². The van der Waals surface area contributed by atoms with Gasteiger partial charge in [-0.15, -0.1) is 0 Å². The molecule has 7 nitrogen and oxygen atoms in total. The normalized spacial score (nSPS) is 15.7. The number of nitrogens with two attached hydrogens (primary N) is 1. The number of carbonyl (C=O) groups excluding carboxylic acids is 3. The Hall–Kier alpha value is -2.48. The molecule has 1 heterocycles. The zero-order valence-electron chi connectivity index (χ0n) is 15.1. The molecule has 0 spiro atoms. The van der Waals surface area contributed by atoms with E-state index in [0.717, 1.165) is 0 Å². The number of benzene rings is 1. The van der Waals surface area contributed by atoms with E-state index >= 15 is 0 Å². The Morgan fingerprint density at radius 1 is 1.08 bits per heavy atom. The molecule has 1 aliphatic rings. The average Bonchev–Trinajstić information content (AvgIpc) is 2.65. The summed E-state index contributed by atoms with van der Waals surface area (Å²) in [7, 11) is 0. The summed E-state index contributed by atoms with van der Waals surface area (Å²) < 4.78 is 12.9. The summed E-state index contributed by atoms with van der Waals surface area (Å²) >= 11 is 0. The maximum atomic E-state index is 12.9. The highest BCUT2D eigenvalue weighted by Gasteiger charge is 2.25. The van der Waals surface area contributed by atoms with Gasteiger partial charge in [-0.25, -0.2) is 4.39 Å². The Kier molecular flexibility index (Phi) is 6.68. The van der Waals surface area contributed by atoms with Crippen LogP contribution in [0.25, 0.3) is 0 Å².